The second-order valence-corrected chi connectivity index (χ2v) is 9.85. The van der Waals surface area contributed by atoms with E-state index in [2.05, 4.69) is 27.5 Å². The van der Waals surface area contributed by atoms with Gasteiger partial charge in [-0.05, 0) is 48.5 Å². The second-order valence-electron chi connectivity index (χ2n) is 9.42. The van der Waals surface area contributed by atoms with E-state index in [1.807, 2.05) is 36.4 Å². The first-order valence-electron chi connectivity index (χ1n) is 12.2. The number of carbonyl (C=O) groups excluding carboxylic acids is 2. The maximum atomic E-state index is 13.1. The molecule has 37 heavy (non-hydrogen) atoms. The summed E-state index contributed by atoms with van der Waals surface area (Å²) in [7, 11) is 2.08. The van der Waals surface area contributed by atoms with Gasteiger partial charge in [-0.3, -0.25) is 19.5 Å². The first-order chi connectivity index (χ1) is 17.9. The molecule has 0 bridgehead atoms. The molecule has 8 nitrogen and oxygen atoms in total. The molecular formula is C28H29ClN6O2. The molecule has 2 amide bonds. The minimum atomic E-state index is -0.598. The van der Waals surface area contributed by atoms with Gasteiger partial charge >= 0.3 is 0 Å². The predicted octanol–water partition coefficient (Wildman–Crippen LogP) is 3.96. The summed E-state index contributed by atoms with van der Waals surface area (Å²) >= 11 is 6.14. The molecule has 0 aliphatic carbocycles. The molecule has 9 heteroatoms. The molecule has 3 aromatic carbocycles. The van der Waals surface area contributed by atoms with Gasteiger partial charge in [0.2, 0.25) is 11.8 Å². The number of nitrogens with zero attached hydrogens (tertiary/aromatic N) is 3. The van der Waals surface area contributed by atoms with Crippen LogP contribution in [0.2, 0.25) is 5.02 Å². The van der Waals surface area contributed by atoms with Crippen molar-refractivity contribution in [2.45, 2.75) is 5.92 Å². The molecule has 190 valence electrons. The number of nitrogens with one attached hydrogen (secondary N) is 2. The van der Waals surface area contributed by atoms with Gasteiger partial charge in [0, 0.05) is 36.9 Å². The highest BCUT2D eigenvalue weighted by Gasteiger charge is 2.35. The van der Waals surface area contributed by atoms with Gasteiger partial charge in [-0.2, -0.15) is 0 Å². The van der Waals surface area contributed by atoms with E-state index in [0.717, 1.165) is 37.3 Å². The summed E-state index contributed by atoms with van der Waals surface area (Å²) in [6.45, 7) is 3.94. The Kier molecular flexibility index (Phi) is 7.23. The van der Waals surface area contributed by atoms with Crippen LogP contribution in [0.3, 0.4) is 0 Å². The van der Waals surface area contributed by atoms with E-state index in [-0.39, 0.29) is 11.8 Å². The third kappa shape index (κ3) is 5.67. The highest BCUT2D eigenvalue weighted by molar-refractivity contribution is 6.31. The number of nitrogens with two attached hydrogens (primary N) is 1. The summed E-state index contributed by atoms with van der Waals surface area (Å²) in [4.78, 5) is 34.9. The summed E-state index contributed by atoms with van der Waals surface area (Å²) in [5.41, 5.74) is 10.8. The maximum absolute atomic E-state index is 13.1. The van der Waals surface area contributed by atoms with E-state index in [4.69, 9.17) is 22.3 Å². The van der Waals surface area contributed by atoms with E-state index < -0.39 is 5.92 Å². The number of anilines is 3. The maximum Gasteiger partial charge on any atom is 0.238 e. The van der Waals surface area contributed by atoms with Crippen molar-refractivity contribution in [1.82, 2.24) is 9.80 Å². The largest absolute Gasteiger partial charge is 0.397 e. The van der Waals surface area contributed by atoms with E-state index in [9.17, 15) is 9.59 Å². The number of hydrogen-bond donors (Lipinski definition) is 3. The van der Waals surface area contributed by atoms with Gasteiger partial charge < -0.3 is 21.3 Å². The number of nitrogen functional groups attached to an aromatic ring is 1. The van der Waals surface area contributed by atoms with Crippen molar-refractivity contribution in [2.75, 3.05) is 56.1 Å². The van der Waals surface area contributed by atoms with Crippen LogP contribution in [0.5, 0.6) is 0 Å². The van der Waals surface area contributed by atoms with Gasteiger partial charge in [-0.25, -0.2) is 0 Å². The van der Waals surface area contributed by atoms with Gasteiger partial charge in [-0.1, -0.05) is 48.0 Å². The number of hydrogen-bond acceptors (Lipinski definition) is 6. The molecule has 4 N–H and O–H groups in total. The van der Waals surface area contributed by atoms with E-state index in [0.29, 0.717) is 40.0 Å². The molecular weight excluding hydrogens is 488 g/mol. The first-order valence-corrected chi connectivity index (χ1v) is 12.6. The van der Waals surface area contributed by atoms with Crippen LogP contribution in [0.25, 0.3) is 0 Å². The highest BCUT2D eigenvalue weighted by atomic mass is 35.5. The van der Waals surface area contributed by atoms with E-state index in [1.165, 1.54) is 0 Å². The third-order valence-corrected chi connectivity index (χ3v) is 6.95. The SMILES string of the molecule is CN1CCN(CC(=O)Nc2ccc(N=C(c3ccccc3)C3C(=O)Nc4cc(Cl)ccc43)cc2N)CC1. The predicted molar refractivity (Wildman–Crippen MR) is 149 cm³/mol. The van der Waals surface area contributed by atoms with Crippen molar-refractivity contribution in [2.24, 2.45) is 4.99 Å². The Morgan fingerprint density at radius 1 is 1.08 bits per heavy atom. The lowest BCUT2D eigenvalue weighted by atomic mass is 9.90. The lowest BCUT2D eigenvalue weighted by Crippen LogP contribution is -2.47. The van der Waals surface area contributed by atoms with E-state index >= 15 is 0 Å². The Morgan fingerprint density at radius 2 is 1.84 bits per heavy atom. The minimum Gasteiger partial charge on any atom is -0.397 e. The molecule has 0 saturated carbocycles. The van der Waals surface area contributed by atoms with Crippen molar-refractivity contribution < 1.29 is 9.59 Å². The molecule has 1 unspecified atom stereocenters. The topological polar surface area (TPSA) is 103 Å². The molecule has 1 saturated heterocycles. The quantitative estimate of drug-likeness (QED) is 0.340. The Bertz CT molecular complexity index is 1350. The molecule has 0 radical (unpaired) electrons. The number of fused-ring (bicyclic) bond motifs is 1. The average molecular weight is 517 g/mol. The summed E-state index contributed by atoms with van der Waals surface area (Å²) < 4.78 is 0. The normalized spacial score (nSPS) is 18.4. The Balaban J connectivity index is 1.40. The summed E-state index contributed by atoms with van der Waals surface area (Å²) in [5.74, 6) is -0.866. The van der Waals surface area contributed by atoms with Gasteiger partial charge in [0.1, 0.15) is 5.92 Å². The average Bonchev–Trinajstić information content (AvgIpc) is 3.20. The standard InChI is InChI=1S/C28H29ClN6O2/c1-34-11-13-35(14-12-34)17-25(36)32-23-10-8-20(16-22(23)30)31-27(18-5-3-2-4-6-18)26-21-9-7-19(29)15-24(21)33-28(26)37/h2-10,15-16,26H,11-14,17,30H2,1H3,(H,32,36)(H,33,37). The van der Waals surface area contributed by atoms with Gasteiger partial charge in [0.25, 0.3) is 0 Å². The lowest BCUT2D eigenvalue weighted by Gasteiger charge is -2.31. The highest BCUT2D eigenvalue weighted by Crippen LogP contribution is 2.38. The molecule has 5 rings (SSSR count). The van der Waals surface area contributed by atoms with Gasteiger partial charge in [0.05, 0.1) is 29.3 Å². The van der Waals surface area contributed by atoms with Crippen molar-refractivity contribution >= 4 is 51.9 Å². The zero-order valence-corrected chi connectivity index (χ0v) is 21.3. The van der Waals surface area contributed by atoms with Crippen molar-refractivity contribution in [3.8, 4) is 0 Å². The van der Waals surface area contributed by atoms with Crippen LogP contribution in [-0.4, -0.2) is 67.1 Å². The molecule has 1 fully saturated rings. The van der Waals surface area contributed by atoms with Crippen LogP contribution in [0.1, 0.15) is 17.0 Å². The number of rotatable bonds is 6. The van der Waals surface area contributed by atoms with Crippen LogP contribution < -0.4 is 16.4 Å². The second kappa shape index (κ2) is 10.7. The number of halogens is 1. The van der Waals surface area contributed by atoms with Gasteiger partial charge in [-0.15, -0.1) is 0 Å². The molecule has 2 aliphatic rings. The van der Waals surface area contributed by atoms with Crippen molar-refractivity contribution in [3.63, 3.8) is 0 Å². The summed E-state index contributed by atoms with van der Waals surface area (Å²) in [5, 5.41) is 6.39. The van der Waals surface area contributed by atoms with Crippen molar-refractivity contribution in [3.05, 3.63) is 82.9 Å². The van der Waals surface area contributed by atoms with Crippen LogP contribution in [0, 0.1) is 0 Å². The lowest BCUT2D eigenvalue weighted by molar-refractivity contribution is -0.118. The van der Waals surface area contributed by atoms with Crippen molar-refractivity contribution in [1.29, 1.82) is 0 Å². The molecule has 0 spiro atoms. The number of aliphatic imine (C=N–C) groups is 1. The minimum absolute atomic E-state index is 0.102. The summed E-state index contributed by atoms with van der Waals surface area (Å²) in [6.07, 6.45) is 0. The Hall–Kier alpha value is -3.72. The molecule has 2 aliphatic heterocycles. The zero-order valence-electron chi connectivity index (χ0n) is 20.6. The number of piperazine rings is 1. The fraction of sp³-hybridized carbons (Fsp3) is 0.250. The fourth-order valence-corrected chi connectivity index (χ4v) is 4.85. The Labute approximate surface area is 221 Å². The van der Waals surface area contributed by atoms with Gasteiger partial charge in [0.15, 0.2) is 0 Å². The molecule has 3 aromatic rings. The number of carbonyl (C=O) groups is 2. The van der Waals surface area contributed by atoms with Crippen LogP contribution in [0.15, 0.2) is 71.7 Å². The molecule has 1 atom stereocenters. The van der Waals surface area contributed by atoms with Crippen LogP contribution in [0.4, 0.5) is 22.7 Å². The smallest absolute Gasteiger partial charge is 0.238 e. The van der Waals surface area contributed by atoms with E-state index in [1.54, 1.807) is 30.3 Å². The third-order valence-electron chi connectivity index (χ3n) is 6.71. The number of amides is 2. The fourth-order valence-electron chi connectivity index (χ4n) is 4.68. The molecule has 2 heterocycles. The number of benzene rings is 3. The van der Waals surface area contributed by atoms with Crippen LogP contribution >= 0.6 is 11.6 Å². The first kappa shape index (κ1) is 25.0. The van der Waals surface area contributed by atoms with Crippen LogP contribution in [-0.2, 0) is 9.59 Å². The summed E-state index contributed by atoms with van der Waals surface area (Å²) in [6, 6.07) is 20.2. The number of likely N-dealkylation sites (N-methyl/N-ethyl adjacent to an activating group) is 1. The zero-order chi connectivity index (χ0) is 25.9. The monoisotopic (exact) mass is 516 g/mol. The Morgan fingerprint density at radius 3 is 2.57 bits per heavy atom. The molecule has 0 aromatic heterocycles.